The normalized spacial score (nSPS) is 18.3. The first kappa shape index (κ1) is 19.4. The molecule has 144 valence electrons. The van der Waals surface area contributed by atoms with E-state index in [2.05, 4.69) is 23.3 Å². The lowest BCUT2D eigenvalue weighted by molar-refractivity contribution is 0.0708. The Bertz CT molecular complexity index is 939. The Morgan fingerprint density at radius 1 is 1.26 bits per heavy atom. The van der Waals surface area contributed by atoms with Crippen molar-refractivity contribution in [2.45, 2.75) is 33.2 Å². The standard InChI is InChI=1S/C20H25N3O3S/c1-4-23(17-10-11-27(25,26)13-17)20(24)16-8-9-19(21-12-16)22-18-7-5-6-14(2)15(18)3/h5-9,12,17H,4,10-11,13H2,1-3H3,(H,21,22). The number of aryl methyl sites for hydroxylation is 1. The van der Waals surface area contributed by atoms with Crippen LogP contribution in [0.3, 0.4) is 0 Å². The summed E-state index contributed by atoms with van der Waals surface area (Å²) in [6, 6.07) is 9.28. The van der Waals surface area contributed by atoms with Crippen molar-refractivity contribution in [3.63, 3.8) is 0 Å². The van der Waals surface area contributed by atoms with E-state index in [9.17, 15) is 13.2 Å². The van der Waals surface area contributed by atoms with Crippen LogP contribution >= 0.6 is 0 Å². The van der Waals surface area contributed by atoms with Gasteiger partial charge in [0, 0.05) is 24.5 Å². The fourth-order valence-electron chi connectivity index (χ4n) is 3.37. The number of hydrogen-bond acceptors (Lipinski definition) is 5. The van der Waals surface area contributed by atoms with Crippen molar-refractivity contribution in [1.82, 2.24) is 9.88 Å². The Balaban J connectivity index is 1.74. The van der Waals surface area contributed by atoms with Crippen LogP contribution < -0.4 is 5.32 Å². The summed E-state index contributed by atoms with van der Waals surface area (Å²) < 4.78 is 23.5. The molecule has 1 fully saturated rings. The number of anilines is 2. The molecule has 0 saturated carbocycles. The summed E-state index contributed by atoms with van der Waals surface area (Å²) >= 11 is 0. The lowest BCUT2D eigenvalue weighted by atomic mass is 10.1. The van der Waals surface area contributed by atoms with Crippen molar-refractivity contribution >= 4 is 27.2 Å². The number of nitrogens with zero attached hydrogens (tertiary/aromatic N) is 2. The zero-order valence-corrected chi connectivity index (χ0v) is 16.7. The van der Waals surface area contributed by atoms with Gasteiger partial charge in [-0.3, -0.25) is 4.79 Å². The lowest BCUT2D eigenvalue weighted by Crippen LogP contribution is -2.41. The van der Waals surface area contributed by atoms with Crippen LogP contribution in [0.15, 0.2) is 36.5 Å². The maximum absolute atomic E-state index is 12.8. The second-order valence-corrected chi connectivity index (χ2v) is 9.18. The highest BCUT2D eigenvalue weighted by Gasteiger charge is 2.34. The number of amides is 1. The molecule has 1 amide bonds. The van der Waals surface area contributed by atoms with Gasteiger partial charge < -0.3 is 10.2 Å². The average molecular weight is 388 g/mol. The Kier molecular flexibility index (Phi) is 5.51. The molecule has 3 rings (SSSR count). The monoisotopic (exact) mass is 387 g/mol. The van der Waals surface area contributed by atoms with E-state index < -0.39 is 9.84 Å². The van der Waals surface area contributed by atoms with Gasteiger partial charge in [0.1, 0.15) is 5.82 Å². The van der Waals surface area contributed by atoms with E-state index >= 15 is 0 Å². The number of rotatable bonds is 5. The van der Waals surface area contributed by atoms with Crippen LogP contribution in [-0.4, -0.2) is 48.3 Å². The van der Waals surface area contributed by atoms with E-state index in [0.717, 1.165) is 11.3 Å². The van der Waals surface area contributed by atoms with E-state index in [1.807, 2.05) is 26.0 Å². The van der Waals surface area contributed by atoms with Gasteiger partial charge >= 0.3 is 0 Å². The number of carbonyl (C=O) groups excluding carboxylic acids is 1. The molecule has 0 bridgehead atoms. The van der Waals surface area contributed by atoms with Gasteiger partial charge in [0.15, 0.2) is 9.84 Å². The predicted molar refractivity (Wildman–Crippen MR) is 107 cm³/mol. The predicted octanol–water partition coefficient (Wildman–Crippen LogP) is 3.09. The van der Waals surface area contributed by atoms with E-state index in [-0.39, 0.29) is 23.5 Å². The molecule has 0 radical (unpaired) electrons. The van der Waals surface area contributed by atoms with Gasteiger partial charge in [0.05, 0.1) is 17.1 Å². The number of carbonyl (C=O) groups is 1. The van der Waals surface area contributed by atoms with Crippen LogP contribution in [0.2, 0.25) is 0 Å². The maximum Gasteiger partial charge on any atom is 0.255 e. The second kappa shape index (κ2) is 7.68. The van der Waals surface area contributed by atoms with Gasteiger partial charge in [-0.25, -0.2) is 13.4 Å². The molecule has 1 atom stereocenters. The Morgan fingerprint density at radius 3 is 2.63 bits per heavy atom. The third-order valence-electron chi connectivity index (χ3n) is 5.13. The van der Waals surface area contributed by atoms with Crippen LogP contribution in [0.1, 0.15) is 34.8 Å². The molecule has 6 nitrogen and oxygen atoms in total. The zero-order valence-electron chi connectivity index (χ0n) is 15.9. The fraction of sp³-hybridized carbons (Fsp3) is 0.400. The number of pyridine rings is 1. The van der Waals surface area contributed by atoms with Gasteiger partial charge in [0.2, 0.25) is 0 Å². The summed E-state index contributed by atoms with van der Waals surface area (Å²) in [4.78, 5) is 18.8. The molecular weight excluding hydrogens is 362 g/mol. The first-order valence-electron chi connectivity index (χ1n) is 9.11. The van der Waals surface area contributed by atoms with E-state index in [1.165, 1.54) is 5.56 Å². The van der Waals surface area contributed by atoms with Gasteiger partial charge in [-0.1, -0.05) is 12.1 Å². The first-order chi connectivity index (χ1) is 12.8. The molecule has 27 heavy (non-hydrogen) atoms. The van der Waals surface area contributed by atoms with Gasteiger partial charge in [-0.05, 0) is 56.5 Å². The zero-order chi connectivity index (χ0) is 19.6. The summed E-state index contributed by atoms with van der Waals surface area (Å²) in [5, 5.41) is 3.27. The van der Waals surface area contributed by atoms with Crippen molar-refractivity contribution in [2.24, 2.45) is 0 Å². The summed E-state index contributed by atoms with van der Waals surface area (Å²) in [7, 11) is -3.03. The topological polar surface area (TPSA) is 79.4 Å². The largest absolute Gasteiger partial charge is 0.340 e. The molecule has 7 heteroatoms. The van der Waals surface area contributed by atoms with E-state index in [4.69, 9.17) is 0 Å². The summed E-state index contributed by atoms with van der Waals surface area (Å²) in [6.07, 6.45) is 2.05. The number of sulfone groups is 1. The molecule has 1 aliphatic rings. The molecule has 1 aliphatic heterocycles. The van der Waals surface area contributed by atoms with Crippen LogP contribution in [0, 0.1) is 13.8 Å². The number of hydrogen-bond donors (Lipinski definition) is 1. The minimum Gasteiger partial charge on any atom is -0.340 e. The molecule has 1 unspecified atom stereocenters. The summed E-state index contributed by atoms with van der Waals surface area (Å²) in [5.74, 6) is 0.683. The highest BCUT2D eigenvalue weighted by atomic mass is 32.2. The highest BCUT2D eigenvalue weighted by molar-refractivity contribution is 7.91. The molecule has 2 heterocycles. The van der Waals surface area contributed by atoms with Crippen LogP contribution in [-0.2, 0) is 9.84 Å². The van der Waals surface area contributed by atoms with E-state index in [1.54, 1.807) is 23.2 Å². The van der Waals surface area contributed by atoms with Gasteiger partial charge in [-0.15, -0.1) is 0 Å². The highest BCUT2D eigenvalue weighted by Crippen LogP contribution is 2.23. The molecule has 1 aromatic carbocycles. The van der Waals surface area contributed by atoms with E-state index in [0.29, 0.717) is 24.3 Å². The van der Waals surface area contributed by atoms with Crippen molar-refractivity contribution in [3.05, 3.63) is 53.2 Å². The second-order valence-electron chi connectivity index (χ2n) is 6.95. The maximum atomic E-state index is 12.8. The lowest BCUT2D eigenvalue weighted by Gasteiger charge is -2.26. The van der Waals surface area contributed by atoms with Crippen LogP contribution in [0.4, 0.5) is 11.5 Å². The fourth-order valence-corrected chi connectivity index (χ4v) is 5.10. The molecule has 2 aromatic rings. The third-order valence-corrected chi connectivity index (χ3v) is 6.88. The Hall–Kier alpha value is -2.41. The molecule has 1 saturated heterocycles. The quantitative estimate of drug-likeness (QED) is 0.853. The number of benzene rings is 1. The molecule has 0 spiro atoms. The van der Waals surface area contributed by atoms with Gasteiger partial charge in [-0.2, -0.15) is 0 Å². The van der Waals surface area contributed by atoms with Crippen molar-refractivity contribution in [1.29, 1.82) is 0 Å². The smallest absolute Gasteiger partial charge is 0.255 e. The third kappa shape index (κ3) is 4.30. The molecule has 1 aromatic heterocycles. The van der Waals surface area contributed by atoms with Crippen LogP contribution in [0.25, 0.3) is 0 Å². The summed E-state index contributed by atoms with van der Waals surface area (Å²) in [6.45, 7) is 6.44. The molecule has 1 N–H and O–H groups in total. The molecule has 0 aliphatic carbocycles. The number of aromatic nitrogens is 1. The Labute approximate surface area is 160 Å². The van der Waals surface area contributed by atoms with Crippen molar-refractivity contribution in [2.75, 3.05) is 23.4 Å². The summed E-state index contributed by atoms with van der Waals surface area (Å²) in [5.41, 5.74) is 3.79. The minimum absolute atomic E-state index is 0.0479. The first-order valence-corrected chi connectivity index (χ1v) is 10.9. The number of nitrogens with one attached hydrogen (secondary N) is 1. The van der Waals surface area contributed by atoms with Crippen molar-refractivity contribution < 1.29 is 13.2 Å². The van der Waals surface area contributed by atoms with Crippen LogP contribution in [0.5, 0.6) is 0 Å². The SMILES string of the molecule is CCN(C(=O)c1ccc(Nc2cccc(C)c2C)nc1)C1CCS(=O)(=O)C1. The Morgan fingerprint density at radius 2 is 2.04 bits per heavy atom. The van der Waals surface area contributed by atoms with Crippen molar-refractivity contribution in [3.8, 4) is 0 Å². The molecular formula is C20H25N3O3S. The average Bonchev–Trinajstić information content (AvgIpc) is 2.99. The minimum atomic E-state index is -3.03. The van der Waals surface area contributed by atoms with Gasteiger partial charge in [0.25, 0.3) is 5.91 Å².